The van der Waals surface area contributed by atoms with Gasteiger partial charge < -0.3 is 4.90 Å². The average Bonchev–Trinajstić information content (AvgIpc) is 2.97. The van der Waals surface area contributed by atoms with Crippen LogP contribution in [0.4, 0.5) is 0 Å². The molecule has 2 aromatic carbocycles. The van der Waals surface area contributed by atoms with Gasteiger partial charge in [0.25, 0.3) is 0 Å². The minimum atomic E-state index is 0.174. The van der Waals surface area contributed by atoms with Crippen molar-refractivity contribution < 1.29 is 0 Å². The Morgan fingerprint density at radius 1 is 1.14 bits per heavy atom. The molecule has 1 aliphatic heterocycles. The van der Waals surface area contributed by atoms with Gasteiger partial charge in [0, 0.05) is 36.1 Å². The molecular formula is C19H16ClN. The van der Waals surface area contributed by atoms with Gasteiger partial charge in [-0.25, -0.2) is 0 Å². The lowest BCUT2D eigenvalue weighted by atomic mass is 9.68. The van der Waals surface area contributed by atoms with Crippen LogP contribution in [0.15, 0.2) is 48.7 Å². The van der Waals surface area contributed by atoms with Crippen LogP contribution in [0.25, 0.3) is 5.57 Å². The summed E-state index contributed by atoms with van der Waals surface area (Å²) in [6.07, 6.45) is 3.53. The number of rotatable bonds is 0. The Morgan fingerprint density at radius 2 is 2.00 bits per heavy atom. The Bertz CT molecular complexity index is 807. The van der Waals surface area contributed by atoms with Crippen molar-refractivity contribution in [2.45, 2.75) is 17.8 Å². The van der Waals surface area contributed by atoms with E-state index in [0.29, 0.717) is 5.92 Å². The molecule has 0 fully saturated rings. The van der Waals surface area contributed by atoms with E-state index in [1.807, 2.05) is 6.07 Å². The lowest BCUT2D eigenvalue weighted by Gasteiger charge is -2.34. The van der Waals surface area contributed by atoms with E-state index in [0.717, 1.165) is 11.6 Å². The van der Waals surface area contributed by atoms with E-state index >= 15 is 0 Å². The second kappa shape index (κ2) is 3.72. The number of hydrogen-bond acceptors (Lipinski definition) is 1. The fourth-order valence-corrected chi connectivity index (χ4v) is 4.95. The molecule has 2 heteroatoms. The highest BCUT2D eigenvalue weighted by molar-refractivity contribution is 6.30. The Labute approximate surface area is 129 Å². The van der Waals surface area contributed by atoms with Gasteiger partial charge in [0.05, 0.1) is 0 Å². The molecule has 2 aromatic rings. The minimum Gasteiger partial charge on any atom is -0.379 e. The molecule has 0 saturated heterocycles. The molecule has 1 nitrogen and oxygen atoms in total. The third kappa shape index (κ3) is 1.33. The second-order valence-corrected chi connectivity index (χ2v) is 7.05. The molecule has 2 aliphatic carbocycles. The number of benzene rings is 2. The number of nitrogens with zero attached hydrogens (tertiary/aromatic N) is 1. The molecule has 0 aromatic heterocycles. The first kappa shape index (κ1) is 11.9. The van der Waals surface area contributed by atoms with Crippen LogP contribution in [0.2, 0.25) is 5.02 Å². The van der Waals surface area contributed by atoms with Crippen molar-refractivity contribution in [1.29, 1.82) is 0 Å². The van der Waals surface area contributed by atoms with Crippen molar-refractivity contribution in [2.24, 2.45) is 0 Å². The van der Waals surface area contributed by atoms with Crippen molar-refractivity contribution in [3.05, 3.63) is 75.9 Å². The summed E-state index contributed by atoms with van der Waals surface area (Å²) in [5.74, 6) is 0.525. The molecule has 104 valence electrons. The highest BCUT2D eigenvalue weighted by atomic mass is 35.5. The van der Waals surface area contributed by atoms with E-state index < -0.39 is 0 Å². The van der Waals surface area contributed by atoms with E-state index in [-0.39, 0.29) is 5.41 Å². The van der Waals surface area contributed by atoms with Crippen molar-refractivity contribution in [2.75, 3.05) is 13.6 Å². The van der Waals surface area contributed by atoms with Crippen molar-refractivity contribution >= 4 is 17.2 Å². The zero-order valence-electron chi connectivity index (χ0n) is 11.9. The van der Waals surface area contributed by atoms with Crippen molar-refractivity contribution in [1.82, 2.24) is 4.90 Å². The molecule has 0 N–H and O–H groups in total. The Morgan fingerprint density at radius 3 is 2.90 bits per heavy atom. The fourth-order valence-electron chi connectivity index (χ4n) is 4.78. The Hall–Kier alpha value is -1.73. The molecule has 0 saturated carbocycles. The smallest absolute Gasteiger partial charge is 0.0412 e. The number of hydrogen-bond donors (Lipinski definition) is 0. The molecule has 2 atom stereocenters. The summed E-state index contributed by atoms with van der Waals surface area (Å²) in [5, 5.41) is 0.838. The molecule has 0 radical (unpaired) electrons. The van der Waals surface area contributed by atoms with Crippen LogP contribution >= 0.6 is 11.6 Å². The molecule has 3 aliphatic rings. The van der Waals surface area contributed by atoms with Crippen LogP contribution in [-0.2, 0) is 5.41 Å². The summed E-state index contributed by atoms with van der Waals surface area (Å²) < 4.78 is 0. The van der Waals surface area contributed by atoms with Crippen molar-refractivity contribution in [3.8, 4) is 0 Å². The molecule has 2 bridgehead atoms. The van der Waals surface area contributed by atoms with Gasteiger partial charge in [-0.3, -0.25) is 0 Å². The van der Waals surface area contributed by atoms with Gasteiger partial charge in [0.1, 0.15) is 0 Å². The Kier molecular flexibility index (Phi) is 2.10. The SMILES string of the molecule is CN1C=C2c3cc(Cl)ccc3C3CC2(C1)c1ccccc13. The third-order valence-corrected chi connectivity index (χ3v) is 5.70. The highest BCUT2D eigenvalue weighted by Gasteiger charge is 2.53. The van der Waals surface area contributed by atoms with E-state index in [4.69, 9.17) is 11.6 Å². The van der Waals surface area contributed by atoms with Gasteiger partial charge in [-0.1, -0.05) is 41.9 Å². The zero-order chi connectivity index (χ0) is 14.2. The van der Waals surface area contributed by atoms with E-state index in [2.05, 4.69) is 54.5 Å². The van der Waals surface area contributed by atoms with Crippen LogP contribution in [0, 0.1) is 0 Å². The molecule has 2 unspecified atom stereocenters. The summed E-state index contributed by atoms with van der Waals surface area (Å²) in [6.45, 7) is 1.09. The van der Waals surface area contributed by atoms with E-state index in [1.165, 1.54) is 34.2 Å². The van der Waals surface area contributed by atoms with Crippen LogP contribution in [-0.4, -0.2) is 18.5 Å². The predicted molar refractivity (Wildman–Crippen MR) is 86.6 cm³/mol. The summed E-state index contributed by atoms with van der Waals surface area (Å²) in [5.41, 5.74) is 7.48. The molecule has 5 rings (SSSR count). The first-order valence-corrected chi connectivity index (χ1v) is 7.89. The third-order valence-electron chi connectivity index (χ3n) is 5.47. The summed E-state index contributed by atoms with van der Waals surface area (Å²) in [7, 11) is 2.18. The summed E-state index contributed by atoms with van der Waals surface area (Å²) >= 11 is 6.29. The topological polar surface area (TPSA) is 3.24 Å². The first-order chi connectivity index (χ1) is 10.2. The maximum atomic E-state index is 6.29. The van der Waals surface area contributed by atoms with Gasteiger partial charge in [-0.15, -0.1) is 0 Å². The normalized spacial score (nSPS) is 28.0. The fraction of sp³-hybridized carbons (Fsp3) is 0.263. The van der Waals surface area contributed by atoms with Gasteiger partial charge in [0.15, 0.2) is 0 Å². The molecule has 21 heavy (non-hydrogen) atoms. The first-order valence-electron chi connectivity index (χ1n) is 7.51. The number of fused-ring (bicyclic) bond motifs is 3. The number of halogens is 1. The van der Waals surface area contributed by atoms with Crippen LogP contribution in [0.1, 0.15) is 34.6 Å². The van der Waals surface area contributed by atoms with Gasteiger partial charge >= 0.3 is 0 Å². The van der Waals surface area contributed by atoms with E-state index in [9.17, 15) is 0 Å². The Balaban J connectivity index is 1.89. The van der Waals surface area contributed by atoms with Gasteiger partial charge in [0.2, 0.25) is 0 Å². The summed E-state index contributed by atoms with van der Waals surface area (Å²) in [4.78, 5) is 2.34. The summed E-state index contributed by atoms with van der Waals surface area (Å²) in [6, 6.07) is 15.4. The van der Waals surface area contributed by atoms with Crippen molar-refractivity contribution in [3.63, 3.8) is 0 Å². The largest absolute Gasteiger partial charge is 0.379 e. The standard InChI is InChI=1S/C19H16ClN/c1-21-10-18-15-8-12(20)6-7-13(15)16-9-19(18,11-21)17-5-3-2-4-14(16)17/h2-8,10,16H,9,11H2,1H3. The maximum absolute atomic E-state index is 6.29. The van der Waals surface area contributed by atoms with Crippen LogP contribution in [0.5, 0.6) is 0 Å². The quantitative estimate of drug-likeness (QED) is 0.695. The van der Waals surface area contributed by atoms with Crippen LogP contribution < -0.4 is 0 Å². The average molecular weight is 294 g/mol. The highest BCUT2D eigenvalue weighted by Crippen LogP contribution is 2.62. The minimum absolute atomic E-state index is 0.174. The van der Waals surface area contributed by atoms with E-state index in [1.54, 1.807) is 0 Å². The molecule has 1 heterocycles. The van der Waals surface area contributed by atoms with Gasteiger partial charge in [-0.2, -0.15) is 0 Å². The second-order valence-electron chi connectivity index (χ2n) is 6.62. The molecule has 0 amide bonds. The monoisotopic (exact) mass is 293 g/mol. The predicted octanol–water partition coefficient (Wildman–Crippen LogP) is 4.41. The lowest BCUT2D eigenvalue weighted by molar-refractivity contribution is 0.388. The zero-order valence-corrected chi connectivity index (χ0v) is 12.7. The molecule has 1 spiro atoms. The lowest BCUT2D eigenvalue weighted by Crippen LogP contribution is -2.32. The van der Waals surface area contributed by atoms with Crippen LogP contribution in [0.3, 0.4) is 0 Å². The molecular weight excluding hydrogens is 278 g/mol. The number of likely N-dealkylation sites (N-methyl/N-ethyl adjacent to an activating group) is 1. The van der Waals surface area contributed by atoms with Gasteiger partial charge in [-0.05, 0) is 46.4 Å². The maximum Gasteiger partial charge on any atom is 0.0412 e.